The summed E-state index contributed by atoms with van der Waals surface area (Å²) in [6.07, 6.45) is 0. The van der Waals surface area contributed by atoms with E-state index < -0.39 is 5.97 Å². The molecule has 1 atom stereocenters. The molecule has 0 fully saturated rings. The second-order valence-electron chi connectivity index (χ2n) is 5.74. The lowest BCUT2D eigenvalue weighted by Crippen LogP contribution is -2.15. The Labute approximate surface area is 133 Å². The van der Waals surface area contributed by atoms with Crippen molar-refractivity contribution in [1.29, 1.82) is 0 Å². The molecule has 23 heavy (non-hydrogen) atoms. The number of fused-ring (bicyclic) bond motifs is 1. The number of hydrogen-bond acceptors (Lipinski definition) is 3. The van der Waals surface area contributed by atoms with Gasteiger partial charge in [-0.05, 0) is 25.1 Å². The number of carboxylic acid groups (broad SMARTS) is 1. The monoisotopic (exact) mass is 311 g/mol. The van der Waals surface area contributed by atoms with E-state index >= 15 is 0 Å². The second-order valence-corrected chi connectivity index (χ2v) is 5.74. The van der Waals surface area contributed by atoms with E-state index in [-0.39, 0.29) is 23.1 Å². The van der Waals surface area contributed by atoms with Crippen molar-refractivity contribution < 1.29 is 19.4 Å². The van der Waals surface area contributed by atoms with E-state index in [9.17, 15) is 14.7 Å². The molecule has 1 unspecified atom stereocenters. The molecular weight excluding hydrogens is 294 g/mol. The number of nitrogens with one attached hydrogen (secondary N) is 1. The predicted octanol–water partition coefficient (Wildman–Crippen LogP) is 3.44. The fourth-order valence-corrected chi connectivity index (χ4v) is 2.71. The number of rotatable bonds is 3. The van der Waals surface area contributed by atoms with Crippen LogP contribution in [-0.4, -0.2) is 23.6 Å². The minimum absolute atomic E-state index is 0.0696. The van der Waals surface area contributed by atoms with Crippen LogP contribution in [-0.2, 0) is 0 Å². The fourth-order valence-electron chi connectivity index (χ4n) is 2.71. The average Bonchev–Trinajstić information content (AvgIpc) is 2.90. The number of aryl methyl sites for hydroxylation is 1. The lowest BCUT2D eigenvalue weighted by molar-refractivity contribution is 0.0698. The van der Waals surface area contributed by atoms with Crippen LogP contribution in [0.25, 0.3) is 0 Å². The van der Waals surface area contributed by atoms with Crippen molar-refractivity contribution in [3.8, 4) is 5.75 Å². The largest absolute Gasteiger partial charge is 0.492 e. The smallest absolute Gasteiger partial charge is 0.337 e. The van der Waals surface area contributed by atoms with Crippen LogP contribution in [0.3, 0.4) is 0 Å². The molecule has 5 heteroatoms. The van der Waals surface area contributed by atoms with Crippen molar-refractivity contribution in [3.63, 3.8) is 0 Å². The maximum absolute atomic E-state index is 12.6. The van der Waals surface area contributed by atoms with E-state index in [1.807, 2.05) is 19.1 Å². The van der Waals surface area contributed by atoms with Gasteiger partial charge in [-0.2, -0.15) is 0 Å². The number of carbonyl (C=O) groups is 2. The Hall–Kier alpha value is -2.82. The summed E-state index contributed by atoms with van der Waals surface area (Å²) >= 11 is 0. The molecule has 0 aliphatic carbocycles. The Bertz CT molecular complexity index is 798. The molecule has 1 aliphatic rings. The van der Waals surface area contributed by atoms with Gasteiger partial charge in [-0.1, -0.05) is 30.7 Å². The molecule has 2 aromatic carbocycles. The standard InChI is InChI=1S/C18H17NO4/c1-10-6-7-15(14(8-10)18(21)22)19-17(20)13-5-3-4-12-11(2)9-23-16(12)13/h3-8,11H,9H2,1-2H3,(H,19,20)(H,21,22). The van der Waals surface area contributed by atoms with Crippen molar-refractivity contribution in [2.75, 3.05) is 11.9 Å². The minimum Gasteiger partial charge on any atom is -0.492 e. The molecule has 0 aromatic heterocycles. The van der Waals surface area contributed by atoms with Gasteiger partial charge in [-0.3, -0.25) is 4.79 Å². The van der Waals surface area contributed by atoms with Crippen molar-refractivity contribution in [1.82, 2.24) is 0 Å². The summed E-state index contributed by atoms with van der Waals surface area (Å²) in [5, 5.41) is 12.0. The van der Waals surface area contributed by atoms with Crippen LogP contribution in [0.4, 0.5) is 5.69 Å². The highest BCUT2D eigenvalue weighted by Crippen LogP contribution is 2.36. The van der Waals surface area contributed by atoms with Gasteiger partial charge in [-0.25, -0.2) is 4.79 Å². The Balaban J connectivity index is 1.94. The maximum Gasteiger partial charge on any atom is 0.337 e. The molecule has 118 valence electrons. The number of benzene rings is 2. The summed E-state index contributed by atoms with van der Waals surface area (Å²) in [6, 6.07) is 10.3. The molecule has 2 N–H and O–H groups in total. The van der Waals surface area contributed by atoms with E-state index in [0.717, 1.165) is 11.1 Å². The highest BCUT2D eigenvalue weighted by Gasteiger charge is 2.26. The zero-order chi connectivity index (χ0) is 16.6. The molecule has 1 aliphatic heterocycles. The quantitative estimate of drug-likeness (QED) is 0.910. The van der Waals surface area contributed by atoms with Gasteiger partial charge in [0.2, 0.25) is 0 Å². The van der Waals surface area contributed by atoms with Gasteiger partial charge < -0.3 is 15.2 Å². The first-order chi connectivity index (χ1) is 11.0. The summed E-state index contributed by atoms with van der Waals surface area (Å²) in [4.78, 5) is 23.9. The number of carboxylic acids is 1. The predicted molar refractivity (Wildman–Crippen MR) is 86.4 cm³/mol. The molecule has 0 spiro atoms. The number of amides is 1. The number of hydrogen-bond donors (Lipinski definition) is 2. The van der Waals surface area contributed by atoms with Gasteiger partial charge in [0.1, 0.15) is 5.75 Å². The summed E-state index contributed by atoms with van der Waals surface area (Å²) < 4.78 is 5.62. The topological polar surface area (TPSA) is 75.6 Å². The number of para-hydroxylation sites is 1. The third-order valence-corrected chi connectivity index (χ3v) is 3.95. The van der Waals surface area contributed by atoms with Crippen LogP contribution in [0.2, 0.25) is 0 Å². The van der Waals surface area contributed by atoms with Crippen molar-refractivity contribution in [2.24, 2.45) is 0 Å². The normalized spacial score (nSPS) is 15.7. The van der Waals surface area contributed by atoms with Gasteiger partial charge in [-0.15, -0.1) is 0 Å². The molecule has 0 saturated carbocycles. The van der Waals surface area contributed by atoms with Crippen LogP contribution in [0.15, 0.2) is 36.4 Å². The highest BCUT2D eigenvalue weighted by molar-refractivity contribution is 6.09. The maximum atomic E-state index is 12.6. The van der Waals surface area contributed by atoms with Crippen LogP contribution in [0, 0.1) is 6.92 Å². The van der Waals surface area contributed by atoms with Crippen molar-refractivity contribution in [3.05, 3.63) is 58.7 Å². The second kappa shape index (κ2) is 5.76. The summed E-state index contributed by atoms with van der Waals surface area (Å²) in [5.74, 6) is -0.623. The van der Waals surface area contributed by atoms with Crippen LogP contribution in [0.1, 0.15) is 44.7 Å². The first kappa shape index (κ1) is 15.1. The molecule has 0 radical (unpaired) electrons. The molecule has 1 heterocycles. The SMILES string of the molecule is Cc1ccc(NC(=O)c2cccc3c2OCC3C)c(C(=O)O)c1. The molecule has 1 amide bonds. The van der Waals surface area contributed by atoms with Crippen molar-refractivity contribution in [2.45, 2.75) is 19.8 Å². The molecule has 0 bridgehead atoms. The van der Waals surface area contributed by atoms with E-state index in [0.29, 0.717) is 17.9 Å². The van der Waals surface area contributed by atoms with E-state index in [4.69, 9.17) is 4.74 Å². The lowest BCUT2D eigenvalue weighted by Gasteiger charge is -2.11. The van der Waals surface area contributed by atoms with Crippen LogP contribution >= 0.6 is 0 Å². The average molecular weight is 311 g/mol. The third-order valence-electron chi connectivity index (χ3n) is 3.95. The highest BCUT2D eigenvalue weighted by atomic mass is 16.5. The van der Waals surface area contributed by atoms with Crippen molar-refractivity contribution >= 4 is 17.6 Å². The molecule has 0 saturated heterocycles. The Morgan fingerprint density at radius 1 is 1.22 bits per heavy atom. The molecule has 2 aromatic rings. The first-order valence-corrected chi connectivity index (χ1v) is 7.38. The lowest BCUT2D eigenvalue weighted by atomic mass is 10.0. The zero-order valence-electron chi connectivity index (χ0n) is 12.9. The number of aromatic carboxylic acids is 1. The van der Waals surface area contributed by atoms with E-state index in [1.54, 1.807) is 25.1 Å². The Morgan fingerprint density at radius 2 is 2.00 bits per heavy atom. The number of anilines is 1. The van der Waals surface area contributed by atoms with Crippen LogP contribution in [0.5, 0.6) is 5.75 Å². The van der Waals surface area contributed by atoms with Crippen LogP contribution < -0.4 is 10.1 Å². The van der Waals surface area contributed by atoms with Gasteiger partial charge in [0.15, 0.2) is 0 Å². The molecule has 5 nitrogen and oxygen atoms in total. The van der Waals surface area contributed by atoms with E-state index in [1.165, 1.54) is 6.07 Å². The summed E-state index contributed by atoms with van der Waals surface area (Å²) in [6.45, 7) is 4.39. The summed E-state index contributed by atoms with van der Waals surface area (Å²) in [5.41, 5.74) is 2.58. The molecule has 3 rings (SSSR count). The van der Waals surface area contributed by atoms with E-state index in [2.05, 4.69) is 5.32 Å². The van der Waals surface area contributed by atoms with Gasteiger partial charge in [0, 0.05) is 11.5 Å². The minimum atomic E-state index is -1.08. The summed E-state index contributed by atoms with van der Waals surface area (Å²) in [7, 11) is 0. The number of carbonyl (C=O) groups excluding carboxylic acids is 1. The fraction of sp³-hybridized carbons (Fsp3) is 0.222. The van der Waals surface area contributed by atoms with Gasteiger partial charge in [0.05, 0.1) is 23.4 Å². The Morgan fingerprint density at radius 3 is 2.74 bits per heavy atom. The third kappa shape index (κ3) is 2.77. The Kier molecular flexibility index (Phi) is 3.78. The van der Waals surface area contributed by atoms with Gasteiger partial charge >= 0.3 is 5.97 Å². The van der Waals surface area contributed by atoms with Gasteiger partial charge in [0.25, 0.3) is 5.91 Å². The number of ether oxygens (including phenoxy) is 1. The molecular formula is C18H17NO4. The first-order valence-electron chi connectivity index (χ1n) is 7.38. The zero-order valence-corrected chi connectivity index (χ0v) is 12.9.